The van der Waals surface area contributed by atoms with Gasteiger partial charge in [-0.05, 0) is 67.4 Å². The molecular weight excluding hydrogens is 412 g/mol. The summed E-state index contributed by atoms with van der Waals surface area (Å²) in [5.74, 6) is 0.827. The molecule has 7 heteroatoms. The standard InChI is InChI=1S/C24H26N2O4S/c1-4-19-10-12-20(13-11-19)25-24(27)18(2)26(31(3,28)29)21-14-16-23(17-15-21)30-22-8-6-5-7-9-22/h5-18H,4H2,1-3H3,(H,25,27)/t18-/m1/s1. The third-order valence-electron chi connectivity index (χ3n) is 4.79. The van der Waals surface area contributed by atoms with E-state index < -0.39 is 22.0 Å². The molecule has 3 rings (SSSR count). The Morgan fingerprint density at radius 2 is 1.52 bits per heavy atom. The quantitative estimate of drug-likeness (QED) is 0.546. The van der Waals surface area contributed by atoms with E-state index in [-0.39, 0.29) is 0 Å². The van der Waals surface area contributed by atoms with Gasteiger partial charge in [0.15, 0.2) is 0 Å². The first-order valence-electron chi connectivity index (χ1n) is 10.00. The summed E-state index contributed by atoms with van der Waals surface area (Å²) in [7, 11) is -3.71. The Balaban J connectivity index is 1.78. The molecule has 0 fully saturated rings. The molecule has 0 aliphatic carbocycles. The summed E-state index contributed by atoms with van der Waals surface area (Å²) >= 11 is 0. The molecule has 6 nitrogen and oxygen atoms in total. The molecule has 0 aliphatic heterocycles. The van der Waals surface area contributed by atoms with Gasteiger partial charge < -0.3 is 10.1 Å². The minimum Gasteiger partial charge on any atom is -0.457 e. The number of sulfonamides is 1. The summed E-state index contributed by atoms with van der Waals surface area (Å²) in [5, 5.41) is 2.79. The van der Waals surface area contributed by atoms with Crippen molar-refractivity contribution in [2.75, 3.05) is 15.9 Å². The molecule has 0 saturated carbocycles. The molecule has 1 atom stereocenters. The summed E-state index contributed by atoms with van der Waals surface area (Å²) in [5.41, 5.74) is 2.16. The lowest BCUT2D eigenvalue weighted by atomic mass is 10.1. The molecule has 31 heavy (non-hydrogen) atoms. The van der Waals surface area contributed by atoms with Crippen LogP contribution in [0.5, 0.6) is 11.5 Å². The zero-order valence-corrected chi connectivity index (χ0v) is 18.6. The highest BCUT2D eigenvalue weighted by atomic mass is 32.2. The van der Waals surface area contributed by atoms with Gasteiger partial charge in [0.1, 0.15) is 17.5 Å². The molecule has 0 bridgehead atoms. The second kappa shape index (κ2) is 9.66. The molecule has 0 spiro atoms. The molecule has 0 aliphatic rings. The van der Waals surface area contributed by atoms with E-state index in [1.807, 2.05) is 54.6 Å². The Morgan fingerprint density at radius 1 is 0.935 bits per heavy atom. The van der Waals surface area contributed by atoms with Crippen LogP contribution in [-0.4, -0.2) is 26.6 Å². The fraction of sp³-hybridized carbons (Fsp3) is 0.208. The maximum atomic E-state index is 12.8. The Bertz CT molecular complexity index is 1110. The van der Waals surface area contributed by atoms with Gasteiger partial charge in [0.05, 0.1) is 11.9 Å². The van der Waals surface area contributed by atoms with Gasteiger partial charge in [-0.3, -0.25) is 9.10 Å². The highest BCUT2D eigenvalue weighted by Gasteiger charge is 2.29. The number of amides is 1. The number of benzene rings is 3. The fourth-order valence-corrected chi connectivity index (χ4v) is 4.34. The molecule has 1 amide bonds. The predicted molar refractivity (Wildman–Crippen MR) is 124 cm³/mol. The van der Waals surface area contributed by atoms with Crippen LogP contribution in [-0.2, 0) is 21.2 Å². The van der Waals surface area contributed by atoms with Gasteiger partial charge in [-0.15, -0.1) is 0 Å². The van der Waals surface area contributed by atoms with Crippen molar-refractivity contribution in [3.05, 3.63) is 84.4 Å². The Labute approximate surface area is 183 Å². The van der Waals surface area contributed by atoms with Gasteiger partial charge in [-0.25, -0.2) is 8.42 Å². The number of anilines is 2. The van der Waals surface area contributed by atoms with Gasteiger partial charge in [-0.1, -0.05) is 37.3 Å². The monoisotopic (exact) mass is 438 g/mol. The maximum Gasteiger partial charge on any atom is 0.247 e. The van der Waals surface area contributed by atoms with Gasteiger partial charge in [0.25, 0.3) is 0 Å². The fourth-order valence-electron chi connectivity index (χ4n) is 3.16. The van der Waals surface area contributed by atoms with Crippen molar-refractivity contribution < 1.29 is 17.9 Å². The van der Waals surface area contributed by atoms with Crippen molar-refractivity contribution in [3.63, 3.8) is 0 Å². The van der Waals surface area contributed by atoms with Crippen LogP contribution in [0, 0.1) is 0 Å². The molecule has 0 unspecified atom stereocenters. The highest BCUT2D eigenvalue weighted by molar-refractivity contribution is 7.92. The van der Waals surface area contributed by atoms with Crippen LogP contribution in [0.1, 0.15) is 19.4 Å². The van der Waals surface area contributed by atoms with E-state index in [1.54, 1.807) is 31.2 Å². The summed E-state index contributed by atoms with van der Waals surface area (Å²) < 4.78 is 31.9. The molecule has 0 radical (unpaired) electrons. The normalized spacial score (nSPS) is 12.1. The third-order valence-corrected chi connectivity index (χ3v) is 6.03. The first-order chi connectivity index (χ1) is 14.8. The van der Waals surface area contributed by atoms with E-state index in [2.05, 4.69) is 12.2 Å². The molecule has 162 valence electrons. The largest absolute Gasteiger partial charge is 0.457 e. The second-order valence-electron chi connectivity index (χ2n) is 7.18. The predicted octanol–water partition coefficient (Wildman–Crippen LogP) is 4.83. The minimum absolute atomic E-state index is 0.381. The number of carbonyl (C=O) groups is 1. The van der Waals surface area contributed by atoms with Gasteiger partial charge >= 0.3 is 0 Å². The topological polar surface area (TPSA) is 75.7 Å². The molecule has 0 saturated heterocycles. The number of rotatable bonds is 8. The molecule has 0 heterocycles. The van der Waals surface area contributed by atoms with Crippen molar-refractivity contribution in [2.45, 2.75) is 26.3 Å². The summed E-state index contributed by atoms with van der Waals surface area (Å²) in [6.45, 7) is 3.61. The maximum absolute atomic E-state index is 12.8. The molecule has 3 aromatic carbocycles. The Hall–Kier alpha value is -3.32. The second-order valence-corrected chi connectivity index (χ2v) is 9.04. The van der Waals surface area contributed by atoms with Crippen molar-refractivity contribution in [1.82, 2.24) is 0 Å². The SMILES string of the molecule is CCc1ccc(NC(=O)[C@@H](C)N(c2ccc(Oc3ccccc3)cc2)S(C)(=O)=O)cc1. The first kappa shape index (κ1) is 22.4. The lowest BCUT2D eigenvalue weighted by Crippen LogP contribution is -2.45. The van der Waals surface area contributed by atoms with E-state index in [9.17, 15) is 13.2 Å². The number of carbonyl (C=O) groups excluding carboxylic acids is 1. The number of para-hydroxylation sites is 1. The summed E-state index contributed by atoms with van der Waals surface area (Å²) in [6.07, 6.45) is 1.98. The van der Waals surface area contributed by atoms with Crippen LogP contribution in [0.4, 0.5) is 11.4 Å². The summed E-state index contributed by atoms with van der Waals surface area (Å²) in [4.78, 5) is 12.8. The van der Waals surface area contributed by atoms with E-state index in [0.717, 1.165) is 22.5 Å². The molecule has 1 N–H and O–H groups in total. The van der Waals surface area contributed by atoms with Crippen molar-refractivity contribution >= 4 is 27.3 Å². The lowest BCUT2D eigenvalue weighted by molar-refractivity contribution is -0.116. The average molecular weight is 439 g/mol. The lowest BCUT2D eigenvalue weighted by Gasteiger charge is -2.28. The van der Waals surface area contributed by atoms with Crippen LogP contribution >= 0.6 is 0 Å². The zero-order valence-electron chi connectivity index (χ0n) is 17.8. The van der Waals surface area contributed by atoms with Crippen LogP contribution in [0.2, 0.25) is 0 Å². The minimum atomic E-state index is -3.71. The van der Waals surface area contributed by atoms with Crippen molar-refractivity contribution in [2.24, 2.45) is 0 Å². The Morgan fingerprint density at radius 3 is 2.06 bits per heavy atom. The first-order valence-corrected chi connectivity index (χ1v) is 11.8. The molecular formula is C24H26N2O4S. The van der Waals surface area contributed by atoms with Crippen LogP contribution in [0.15, 0.2) is 78.9 Å². The van der Waals surface area contributed by atoms with Crippen LogP contribution in [0.3, 0.4) is 0 Å². The van der Waals surface area contributed by atoms with Crippen molar-refractivity contribution in [1.29, 1.82) is 0 Å². The smallest absolute Gasteiger partial charge is 0.247 e. The van der Waals surface area contributed by atoms with E-state index in [1.165, 1.54) is 0 Å². The Kier molecular flexibility index (Phi) is 6.97. The van der Waals surface area contributed by atoms with E-state index >= 15 is 0 Å². The number of hydrogen-bond donors (Lipinski definition) is 1. The van der Waals surface area contributed by atoms with Gasteiger partial charge in [-0.2, -0.15) is 0 Å². The molecule has 0 aromatic heterocycles. The number of hydrogen-bond acceptors (Lipinski definition) is 4. The zero-order chi connectivity index (χ0) is 22.4. The number of nitrogens with one attached hydrogen (secondary N) is 1. The highest BCUT2D eigenvalue weighted by Crippen LogP contribution is 2.27. The third kappa shape index (κ3) is 5.86. The van der Waals surface area contributed by atoms with Crippen LogP contribution < -0.4 is 14.4 Å². The van der Waals surface area contributed by atoms with Gasteiger partial charge in [0.2, 0.25) is 15.9 Å². The van der Waals surface area contributed by atoms with E-state index in [4.69, 9.17) is 4.74 Å². The van der Waals surface area contributed by atoms with Crippen molar-refractivity contribution in [3.8, 4) is 11.5 Å². The summed E-state index contributed by atoms with van der Waals surface area (Å²) in [6, 6.07) is 22.4. The number of nitrogens with zero attached hydrogens (tertiary/aromatic N) is 1. The average Bonchev–Trinajstić information content (AvgIpc) is 2.75. The molecule has 3 aromatic rings. The van der Waals surface area contributed by atoms with Gasteiger partial charge in [0, 0.05) is 5.69 Å². The van der Waals surface area contributed by atoms with E-state index in [0.29, 0.717) is 22.9 Å². The number of aryl methyl sites for hydroxylation is 1. The number of ether oxygens (including phenoxy) is 1. The van der Waals surface area contributed by atoms with Crippen LogP contribution in [0.25, 0.3) is 0 Å².